The Morgan fingerprint density at radius 3 is 3.04 bits per heavy atom. The second-order valence-corrected chi connectivity index (χ2v) is 6.04. The Morgan fingerprint density at radius 1 is 1.28 bits per heavy atom. The number of hydrogen-bond donors (Lipinski definition) is 1. The van der Waals surface area contributed by atoms with Crippen molar-refractivity contribution in [3.63, 3.8) is 0 Å². The largest absolute Gasteiger partial charge is 0.490 e. The van der Waals surface area contributed by atoms with E-state index in [2.05, 4.69) is 10.2 Å². The Labute approximate surface area is 144 Å². The van der Waals surface area contributed by atoms with E-state index in [1.807, 2.05) is 19.2 Å². The van der Waals surface area contributed by atoms with Crippen LogP contribution in [0.25, 0.3) is 11.0 Å². The van der Waals surface area contributed by atoms with E-state index in [4.69, 9.17) is 9.15 Å². The van der Waals surface area contributed by atoms with Gasteiger partial charge in [-0.15, -0.1) is 0 Å². The van der Waals surface area contributed by atoms with Crippen molar-refractivity contribution < 1.29 is 18.3 Å². The fraction of sp³-hybridized carbons (Fsp3) is 0.211. The molecule has 0 bridgehead atoms. The highest BCUT2D eigenvalue weighted by Crippen LogP contribution is 2.31. The SMILES string of the molecule is CN1CCOc2ccc(C(=O)NCc3coc4ccc(F)cc34)cc21. The highest BCUT2D eigenvalue weighted by molar-refractivity contribution is 5.96. The molecule has 0 spiro atoms. The standard InChI is InChI=1S/C19H17FN2O3/c1-22-6-7-24-18-4-2-12(8-16(18)22)19(23)21-10-13-11-25-17-5-3-14(20)9-15(13)17/h2-5,8-9,11H,6-7,10H2,1H3,(H,21,23). The van der Waals surface area contributed by atoms with Crippen LogP contribution >= 0.6 is 0 Å². The number of halogens is 1. The molecule has 1 aliphatic rings. The van der Waals surface area contributed by atoms with Crippen LogP contribution in [-0.2, 0) is 6.54 Å². The molecular formula is C19H17FN2O3. The number of fused-ring (bicyclic) bond motifs is 2. The van der Waals surface area contributed by atoms with E-state index in [-0.39, 0.29) is 18.3 Å². The van der Waals surface area contributed by atoms with Gasteiger partial charge in [-0.1, -0.05) is 0 Å². The third-order valence-corrected chi connectivity index (χ3v) is 4.37. The van der Waals surface area contributed by atoms with Crippen molar-refractivity contribution in [2.24, 2.45) is 0 Å². The quantitative estimate of drug-likeness (QED) is 0.795. The average Bonchev–Trinajstić information content (AvgIpc) is 3.02. The lowest BCUT2D eigenvalue weighted by atomic mass is 10.1. The zero-order valence-corrected chi connectivity index (χ0v) is 13.7. The lowest BCUT2D eigenvalue weighted by Crippen LogP contribution is -2.29. The number of rotatable bonds is 3. The fourth-order valence-electron chi connectivity index (χ4n) is 2.96. The molecule has 6 heteroatoms. The summed E-state index contributed by atoms with van der Waals surface area (Å²) in [6, 6.07) is 9.70. The highest BCUT2D eigenvalue weighted by Gasteiger charge is 2.17. The van der Waals surface area contributed by atoms with Crippen molar-refractivity contribution in [3.05, 3.63) is 59.6 Å². The van der Waals surface area contributed by atoms with Crippen LogP contribution in [0.5, 0.6) is 5.75 Å². The Bertz CT molecular complexity index is 951. The van der Waals surface area contributed by atoms with Crippen molar-refractivity contribution >= 4 is 22.6 Å². The van der Waals surface area contributed by atoms with Gasteiger partial charge < -0.3 is 19.4 Å². The van der Waals surface area contributed by atoms with Gasteiger partial charge in [0.05, 0.1) is 18.5 Å². The number of carbonyl (C=O) groups is 1. The van der Waals surface area contributed by atoms with Crippen LogP contribution in [0.4, 0.5) is 10.1 Å². The average molecular weight is 340 g/mol. The molecule has 5 nitrogen and oxygen atoms in total. The topological polar surface area (TPSA) is 54.7 Å². The molecule has 128 valence electrons. The van der Waals surface area contributed by atoms with E-state index in [0.717, 1.165) is 23.5 Å². The highest BCUT2D eigenvalue weighted by atomic mass is 19.1. The summed E-state index contributed by atoms with van der Waals surface area (Å²) in [7, 11) is 1.97. The number of furan rings is 1. The number of nitrogens with one attached hydrogen (secondary N) is 1. The van der Waals surface area contributed by atoms with Crippen LogP contribution in [0.15, 0.2) is 47.1 Å². The van der Waals surface area contributed by atoms with Gasteiger partial charge in [-0.3, -0.25) is 4.79 Å². The molecule has 0 atom stereocenters. The smallest absolute Gasteiger partial charge is 0.251 e. The van der Waals surface area contributed by atoms with Gasteiger partial charge in [0.1, 0.15) is 23.8 Å². The lowest BCUT2D eigenvalue weighted by molar-refractivity contribution is 0.0951. The van der Waals surface area contributed by atoms with Crippen LogP contribution in [0.3, 0.4) is 0 Å². The van der Waals surface area contributed by atoms with Crippen molar-refractivity contribution in [1.29, 1.82) is 0 Å². The summed E-state index contributed by atoms with van der Waals surface area (Å²) in [5.74, 6) is 0.244. The van der Waals surface area contributed by atoms with E-state index in [0.29, 0.717) is 23.1 Å². The van der Waals surface area contributed by atoms with Crippen LogP contribution in [0, 0.1) is 5.82 Å². The normalized spacial score (nSPS) is 13.4. The predicted molar refractivity (Wildman–Crippen MR) is 92.5 cm³/mol. The molecule has 0 radical (unpaired) electrons. The van der Waals surface area contributed by atoms with Crippen LogP contribution in [-0.4, -0.2) is 26.1 Å². The summed E-state index contributed by atoms with van der Waals surface area (Å²) in [5.41, 5.74) is 2.78. The van der Waals surface area contributed by atoms with Gasteiger partial charge in [0.25, 0.3) is 5.91 Å². The summed E-state index contributed by atoms with van der Waals surface area (Å²) < 4.78 is 24.4. The van der Waals surface area contributed by atoms with Gasteiger partial charge in [-0.05, 0) is 36.4 Å². The van der Waals surface area contributed by atoms with Gasteiger partial charge in [-0.2, -0.15) is 0 Å². The summed E-state index contributed by atoms with van der Waals surface area (Å²) in [6.07, 6.45) is 1.54. The molecule has 2 heterocycles. The summed E-state index contributed by atoms with van der Waals surface area (Å²) in [4.78, 5) is 14.5. The lowest BCUT2D eigenvalue weighted by Gasteiger charge is -2.27. The van der Waals surface area contributed by atoms with Gasteiger partial charge >= 0.3 is 0 Å². The number of benzene rings is 2. The van der Waals surface area contributed by atoms with E-state index in [1.54, 1.807) is 18.4 Å². The maximum atomic E-state index is 13.4. The molecule has 3 aromatic rings. The first kappa shape index (κ1) is 15.5. The number of ether oxygens (including phenoxy) is 1. The van der Waals surface area contributed by atoms with Crippen molar-refractivity contribution in [1.82, 2.24) is 5.32 Å². The molecule has 25 heavy (non-hydrogen) atoms. The van der Waals surface area contributed by atoms with Crippen LogP contribution in [0.1, 0.15) is 15.9 Å². The molecule has 0 saturated heterocycles. The number of amides is 1. The van der Waals surface area contributed by atoms with E-state index in [9.17, 15) is 9.18 Å². The van der Waals surface area contributed by atoms with Gasteiger partial charge in [-0.25, -0.2) is 4.39 Å². The molecule has 0 unspecified atom stereocenters. The third-order valence-electron chi connectivity index (χ3n) is 4.37. The maximum absolute atomic E-state index is 13.4. The second-order valence-electron chi connectivity index (χ2n) is 6.04. The van der Waals surface area contributed by atoms with Crippen molar-refractivity contribution in [2.75, 3.05) is 25.1 Å². The van der Waals surface area contributed by atoms with E-state index >= 15 is 0 Å². The molecule has 2 aromatic carbocycles. The first-order chi connectivity index (χ1) is 12.1. The number of hydrogen-bond acceptors (Lipinski definition) is 4. The number of nitrogens with zero attached hydrogens (tertiary/aromatic N) is 1. The number of anilines is 1. The first-order valence-corrected chi connectivity index (χ1v) is 8.03. The zero-order chi connectivity index (χ0) is 17.4. The van der Waals surface area contributed by atoms with Crippen LogP contribution < -0.4 is 15.0 Å². The molecule has 0 saturated carbocycles. The summed E-state index contributed by atoms with van der Waals surface area (Å²) in [5, 5.41) is 3.52. The van der Waals surface area contributed by atoms with Crippen molar-refractivity contribution in [2.45, 2.75) is 6.54 Å². The Morgan fingerprint density at radius 2 is 2.16 bits per heavy atom. The summed E-state index contributed by atoms with van der Waals surface area (Å²) in [6.45, 7) is 1.68. The summed E-state index contributed by atoms with van der Waals surface area (Å²) >= 11 is 0. The van der Waals surface area contributed by atoms with E-state index < -0.39 is 0 Å². The maximum Gasteiger partial charge on any atom is 0.251 e. The Kier molecular flexibility index (Phi) is 3.80. The molecule has 4 rings (SSSR count). The molecule has 0 fully saturated rings. The first-order valence-electron chi connectivity index (χ1n) is 8.03. The molecule has 1 aliphatic heterocycles. The predicted octanol–water partition coefficient (Wildman–Crippen LogP) is 3.33. The minimum atomic E-state index is -0.334. The molecule has 0 aliphatic carbocycles. The molecule has 1 N–H and O–H groups in total. The number of likely N-dealkylation sites (N-methyl/N-ethyl adjacent to an activating group) is 1. The molecule has 1 aromatic heterocycles. The van der Waals surface area contributed by atoms with Crippen LogP contribution in [0.2, 0.25) is 0 Å². The van der Waals surface area contributed by atoms with Gasteiger partial charge in [0.15, 0.2) is 0 Å². The zero-order valence-electron chi connectivity index (χ0n) is 13.7. The molecule has 1 amide bonds. The Hall–Kier alpha value is -3.02. The van der Waals surface area contributed by atoms with Crippen molar-refractivity contribution in [3.8, 4) is 5.75 Å². The second kappa shape index (κ2) is 6.12. The Balaban J connectivity index is 1.52. The van der Waals surface area contributed by atoms with E-state index in [1.165, 1.54) is 12.1 Å². The number of carbonyl (C=O) groups excluding carboxylic acids is 1. The van der Waals surface area contributed by atoms with Gasteiger partial charge in [0.2, 0.25) is 0 Å². The minimum absolute atomic E-state index is 0.201. The monoisotopic (exact) mass is 340 g/mol. The molecular weight excluding hydrogens is 323 g/mol. The minimum Gasteiger partial charge on any atom is -0.490 e. The fourth-order valence-corrected chi connectivity index (χ4v) is 2.96. The van der Waals surface area contributed by atoms with Gasteiger partial charge in [0, 0.05) is 30.1 Å². The third kappa shape index (κ3) is 2.91.